The lowest BCUT2D eigenvalue weighted by atomic mass is 9.80. The Bertz CT molecular complexity index is 966. The number of hydrogen-bond donors (Lipinski definition) is 0. The maximum absolute atomic E-state index is 9.19. The molecule has 1 aliphatic rings. The van der Waals surface area contributed by atoms with Crippen LogP contribution in [0.5, 0.6) is 0 Å². The zero-order chi connectivity index (χ0) is 18.5. The SMILES string of the molecule is N#Cc1ccc(C2C=CC(c3ccc(C#N)c(C#N)c3)CC2)cc1C#N. The molecule has 0 fully saturated rings. The van der Waals surface area contributed by atoms with E-state index >= 15 is 0 Å². The van der Waals surface area contributed by atoms with Gasteiger partial charge in [-0.3, -0.25) is 0 Å². The summed E-state index contributed by atoms with van der Waals surface area (Å²) in [6, 6.07) is 19.0. The Morgan fingerprint density at radius 2 is 0.962 bits per heavy atom. The predicted octanol–water partition coefficient (Wildman–Crippen LogP) is 4.39. The van der Waals surface area contributed by atoms with Crippen molar-refractivity contribution in [3.8, 4) is 24.3 Å². The molecular formula is C22H14N4. The van der Waals surface area contributed by atoms with Crippen molar-refractivity contribution in [3.63, 3.8) is 0 Å². The van der Waals surface area contributed by atoms with Gasteiger partial charge >= 0.3 is 0 Å². The number of nitrogens with zero attached hydrogens (tertiary/aromatic N) is 4. The predicted molar refractivity (Wildman–Crippen MR) is 95.6 cm³/mol. The molecule has 0 saturated carbocycles. The highest BCUT2D eigenvalue weighted by atomic mass is 14.3. The normalized spacial score (nSPS) is 18.2. The molecule has 4 heteroatoms. The zero-order valence-electron chi connectivity index (χ0n) is 14.0. The number of hydrogen-bond acceptors (Lipinski definition) is 4. The van der Waals surface area contributed by atoms with E-state index in [0.717, 1.165) is 24.0 Å². The van der Waals surface area contributed by atoms with Crippen molar-refractivity contribution in [1.82, 2.24) is 0 Å². The molecule has 0 radical (unpaired) electrons. The van der Waals surface area contributed by atoms with Gasteiger partial charge in [-0.25, -0.2) is 0 Å². The van der Waals surface area contributed by atoms with Crippen LogP contribution in [0.25, 0.3) is 0 Å². The van der Waals surface area contributed by atoms with Crippen LogP contribution >= 0.6 is 0 Å². The van der Waals surface area contributed by atoms with Crippen molar-refractivity contribution in [2.45, 2.75) is 24.7 Å². The van der Waals surface area contributed by atoms with Gasteiger partial charge < -0.3 is 0 Å². The van der Waals surface area contributed by atoms with Gasteiger partial charge in [0.25, 0.3) is 0 Å². The molecule has 0 aromatic heterocycles. The van der Waals surface area contributed by atoms with Crippen LogP contribution in [0, 0.1) is 45.3 Å². The summed E-state index contributed by atoms with van der Waals surface area (Å²) in [5, 5.41) is 36.4. The summed E-state index contributed by atoms with van der Waals surface area (Å²) in [7, 11) is 0. The van der Waals surface area contributed by atoms with Gasteiger partial charge in [-0.15, -0.1) is 0 Å². The first kappa shape index (κ1) is 17.0. The van der Waals surface area contributed by atoms with Gasteiger partial charge in [0.2, 0.25) is 0 Å². The van der Waals surface area contributed by atoms with E-state index in [1.807, 2.05) is 24.3 Å². The molecule has 0 N–H and O–H groups in total. The lowest BCUT2D eigenvalue weighted by Gasteiger charge is -2.24. The minimum absolute atomic E-state index is 0.208. The molecule has 0 spiro atoms. The molecular weight excluding hydrogens is 320 g/mol. The number of nitriles is 4. The molecule has 122 valence electrons. The largest absolute Gasteiger partial charge is 0.192 e. The van der Waals surface area contributed by atoms with Crippen molar-refractivity contribution < 1.29 is 0 Å². The van der Waals surface area contributed by atoms with E-state index in [4.69, 9.17) is 10.5 Å². The molecule has 3 rings (SSSR count). The van der Waals surface area contributed by atoms with E-state index in [-0.39, 0.29) is 11.8 Å². The molecule has 0 saturated heterocycles. The maximum Gasteiger partial charge on any atom is 0.101 e. The van der Waals surface area contributed by atoms with Gasteiger partial charge in [0.15, 0.2) is 0 Å². The van der Waals surface area contributed by atoms with Crippen molar-refractivity contribution in [3.05, 3.63) is 81.9 Å². The van der Waals surface area contributed by atoms with Gasteiger partial charge in [0.05, 0.1) is 22.3 Å². The summed E-state index contributed by atoms with van der Waals surface area (Å²) in [5.41, 5.74) is 3.68. The average molecular weight is 334 g/mol. The highest BCUT2D eigenvalue weighted by molar-refractivity contribution is 5.50. The van der Waals surface area contributed by atoms with Crippen LogP contribution in [-0.2, 0) is 0 Å². The Morgan fingerprint density at radius 3 is 1.27 bits per heavy atom. The summed E-state index contributed by atoms with van der Waals surface area (Å²) in [5.74, 6) is 0.417. The van der Waals surface area contributed by atoms with Crippen LogP contribution in [0.15, 0.2) is 48.6 Å². The van der Waals surface area contributed by atoms with E-state index in [2.05, 4.69) is 24.3 Å². The number of rotatable bonds is 2. The van der Waals surface area contributed by atoms with Crippen LogP contribution in [0.2, 0.25) is 0 Å². The maximum atomic E-state index is 9.19. The summed E-state index contributed by atoms with van der Waals surface area (Å²) in [6.07, 6.45) is 6.08. The van der Waals surface area contributed by atoms with Crippen LogP contribution in [0.4, 0.5) is 0 Å². The third kappa shape index (κ3) is 3.18. The van der Waals surface area contributed by atoms with Crippen LogP contribution in [0.3, 0.4) is 0 Å². The lowest BCUT2D eigenvalue weighted by molar-refractivity contribution is 0.600. The van der Waals surface area contributed by atoms with Crippen molar-refractivity contribution in [1.29, 1.82) is 21.0 Å². The van der Waals surface area contributed by atoms with Crippen molar-refractivity contribution >= 4 is 0 Å². The third-order valence-corrected chi connectivity index (χ3v) is 4.79. The molecule has 2 unspecified atom stereocenters. The Labute approximate surface area is 152 Å². The summed E-state index contributed by atoms with van der Waals surface area (Å²) in [6.45, 7) is 0. The molecule has 0 aliphatic heterocycles. The second-order valence-corrected chi connectivity index (χ2v) is 6.23. The Kier molecular flexibility index (Phi) is 4.80. The van der Waals surface area contributed by atoms with Crippen LogP contribution in [0.1, 0.15) is 58.1 Å². The Hall–Kier alpha value is -3.86. The average Bonchev–Trinajstić information content (AvgIpc) is 2.72. The van der Waals surface area contributed by atoms with Gasteiger partial charge in [0.1, 0.15) is 24.3 Å². The summed E-state index contributed by atoms with van der Waals surface area (Å²) < 4.78 is 0. The molecule has 4 nitrogen and oxygen atoms in total. The number of benzene rings is 2. The Morgan fingerprint density at radius 1 is 0.577 bits per heavy atom. The topological polar surface area (TPSA) is 95.2 Å². The minimum Gasteiger partial charge on any atom is -0.192 e. The fourth-order valence-corrected chi connectivity index (χ4v) is 3.34. The van der Waals surface area contributed by atoms with Crippen LogP contribution < -0.4 is 0 Å². The van der Waals surface area contributed by atoms with Crippen molar-refractivity contribution in [2.24, 2.45) is 0 Å². The molecule has 26 heavy (non-hydrogen) atoms. The van der Waals surface area contributed by atoms with Gasteiger partial charge in [-0.1, -0.05) is 24.3 Å². The minimum atomic E-state index is 0.208. The van der Waals surface area contributed by atoms with Gasteiger partial charge in [-0.2, -0.15) is 21.0 Å². The monoisotopic (exact) mass is 334 g/mol. The second kappa shape index (κ2) is 7.36. The number of allylic oxidation sites excluding steroid dienone is 2. The summed E-state index contributed by atoms with van der Waals surface area (Å²) in [4.78, 5) is 0. The lowest BCUT2D eigenvalue weighted by Crippen LogP contribution is -2.07. The van der Waals surface area contributed by atoms with Gasteiger partial charge in [-0.05, 0) is 48.2 Å². The fourth-order valence-electron chi connectivity index (χ4n) is 3.34. The van der Waals surface area contributed by atoms with Gasteiger partial charge in [0, 0.05) is 11.8 Å². The summed E-state index contributed by atoms with van der Waals surface area (Å²) >= 11 is 0. The highest BCUT2D eigenvalue weighted by Gasteiger charge is 2.20. The highest BCUT2D eigenvalue weighted by Crippen LogP contribution is 2.36. The van der Waals surface area contributed by atoms with Crippen LogP contribution in [-0.4, -0.2) is 0 Å². The third-order valence-electron chi connectivity index (χ3n) is 4.79. The first-order chi connectivity index (χ1) is 12.7. The van der Waals surface area contributed by atoms with E-state index < -0.39 is 0 Å². The molecule has 0 amide bonds. The quantitative estimate of drug-likeness (QED) is 0.761. The first-order valence-corrected chi connectivity index (χ1v) is 8.26. The zero-order valence-corrected chi connectivity index (χ0v) is 14.0. The van der Waals surface area contributed by atoms with E-state index in [9.17, 15) is 10.5 Å². The van der Waals surface area contributed by atoms with E-state index in [0.29, 0.717) is 22.3 Å². The molecule has 2 aromatic carbocycles. The molecule has 2 aromatic rings. The molecule has 1 aliphatic carbocycles. The smallest absolute Gasteiger partial charge is 0.101 e. The van der Waals surface area contributed by atoms with Crippen molar-refractivity contribution in [2.75, 3.05) is 0 Å². The first-order valence-electron chi connectivity index (χ1n) is 8.26. The van der Waals surface area contributed by atoms with E-state index in [1.165, 1.54) is 0 Å². The second-order valence-electron chi connectivity index (χ2n) is 6.23. The van der Waals surface area contributed by atoms with E-state index in [1.54, 1.807) is 24.3 Å². The Balaban J connectivity index is 1.84. The molecule has 0 heterocycles. The molecule has 2 atom stereocenters. The standard InChI is InChI=1S/C22H14N4/c23-11-19-7-5-17(9-21(19)13-25)15-1-2-16(4-3-15)18-6-8-20(12-24)22(10-18)14-26/h1-2,5-10,15-16H,3-4H2. The fraction of sp³-hybridized carbons (Fsp3) is 0.182. The molecule has 0 bridgehead atoms.